The van der Waals surface area contributed by atoms with Gasteiger partial charge < -0.3 is 9.47 Å². The van der Waals surface area contributed by atoms with Crippen LogP contribution >= 0.6 is 0 Å². The Morgan fingerprint density at radius 2 is 0.740 bits per heavy atom. The van der Waals surface area contributed by atoms with Gasteiger partial charge in [0, 0.05) is 33.4 Å². The van der Waals surface area contributed by atoms with Crippen LogP contribution < -0.4 is 4.90 Å². The van der Waals surface area contributed by atoms with E-state index in [1.54, 1.807) is 0 Å². The molecule has 9 rings (SSSR count). The minimum Gasteiger partial charge on any atom is -0.310 e. The summed E-state index contributed by atoms with van der Waals surface area (Å²) in [6.45, 7) is 0. The number of hydrogen-bond donors (Lipinski definition) is 0. The molecule has 0 radical (unpaired) electrons. The maximum absolute atomic E-state index is 2.44. The van der Waals surface area contributed by atoms with E-state index in [0.29, 0.717) is 0 Å². The molecule has 0 aliphatic rings. The summed E-state index contributed by atoms with van der Waals surface area (Å²) in [7, 11) is 0. The van der Waals surface area contributed by atoms with Crippen molar-refractivity contribution < 1.29 is 0 Å². The lowest BCUT2D eigenvalue weighted by atomic mass is 10.0. The largest absolute Gasteiger partial charge is 0.310 e. The molecule has 0 aliphatic heterocycles. The molecule has 1 aromatic heterocycles. The van der Waals surface area contributed by atoms with E-state index in [1.165, 1.54) is 55.2 Å². The van der Waals surface area contributed by atoms with Crippen LogP contribution in [0, 0.1) is 0 Å². The quantitative estimate of drug-likeness (QED) is 0.169. The molecule has 0 bridgehead atoms. The number of hydrogen-bond acceptors (Lipinski definition) is 1. The van der Waals surface area contributed by atoms with Gasteiger partial charge in [-0.2, -0.15) is 0 Å². The number of rotatable bonds is 7. The average molecular weight is 639 g/mol. The van der Waals surface area contributed by atoms with E-state index in [0.717, 1.165) is 22.7 Å². The van der Waals surface area contributed by atoms with Gasteiger partial charge in [-0.1, -0.05) is 158 Å². The number of benzene rings is 8. The van der Waals surface area contributed by atoms with Crippen LogP contribution in [0.2, 0.25) is 0 Å². The monoisotopic (exact) mass is 638 g/mol. The molecule has 0 amide bonds. The van der Waals surface area contributed by atoms with Crippen molar-refractivity contribution >= 4 is 38.9 Å². The Morgan fingerprint density at radius 1 is 0.300 bits per heavy atom. The van der Waals surface area contributed by atoms with E-state index in [9.17, 15) is 0 Å². The highest BCUT2D eigenvalue weighted by molar-refractivity contribution is 6.11. The van der Waals surface area contributed by atoms with E-state index >= 15 is 0 Å². The molecule has 2 nitrogen and oxygen atoms in total. The highest BCUT2D eigenvalue weighted by Gasteiger charge is 2.19. The molecule has 0 spiro atoms. The normalized spacial score (nSPS) is 11.2. The molecule has 2 heteroatoms. The van der Waals surface area contributed by atoms with Gasteiger partial charge in [0.05, 0.1) is 16.7 Å². The van der Waals surface area contributed by atoms with Crippen molar-refractivity contribution in [2.75, 3.05) is 4.90 Å². The molecule has 0 atom stereocenters. The minimum atomic E-state index is 1.10. The fourth-order valence-corrected chi connectivity index (χ4v) is 7.20. The van der Waals surface area contributed by atoms with Crippen LogP contribution in [-0.2, 0) is 0 Å². The number of fused-ring (bicyclic) bond motifs is 3. The van der Waals surface area contributed by atoms with Crippen molar-refractivity contribution in [3.8, 4) is 39.1 Å². The number of para-hydroxylation sites is 2. The maximum atomic E-state index is 2.44. The fourth-order valence-electron chi connectivity index (χ4n) is 7.20. The Hall–Kier alpha value is -6.64. The summed E-state index contributed by atoms with van der Waals surface area (Å²) in [6.07, 6.45) is 0. The Bertz CT molecular complexity index is 2470. The first-order valence-corrected chi connectivity index (χ1v) is 17.1. The second kappa shape index (κ2) is 12.8. The minimum absolute atomic E-state index is 1.10. The van der Waals surface area contributed by atoms with Gasteiger partial charge in [-0.05, 0) is 76.3 Å². The summed E-state index contributed by atoms with van der Waals surface area (Å²) in [5, 5.41) is 2.47. The molecule has 50 heavy (non-hydrogen) atoms. The van der Waals surface area contributed by atoms with E-state index < -0.39 is 0 Å². The molecule has 1 heterocycles. The van der Waals surface area contributed by atoms with Crippen LogP contribution in [0.3, 0.4) is 0 Å². The van der Waals surface area contributed by atoms with E-state index in [-0.39, 0.29) is 0 Å². The average Bonchev–Trinajstić information content (AvgIpc) is 3.53. The van der Waals surface area contributed by atoms with E-state index in [1.807, 2.05) is 0 Å². The van der Waals surface area contributed by atoms with Gasteiger partial charge >= 0.3 is 0 Å². The molecule has 0 fully saturated rings. The summed E-state index contributed by atoms with van der Waals surface area (Å²) >= 11 is 0. The molecule has 9 aromatic rings. The lowest BCUT2D eigenvalue weighted by Crippen LogP contribution is -2.10. The standard InChI is InChI=1S/C48H34N2/c1-4-14-35(15-5-1)37-24-28-40(29-25-37)49(41-30-26-38(27-31-41)36-16-6-2-7-17-36)42-32-33-45-44-21-11-13-23-47(44)50(48(45)34-42)46-22-12-10-20-43(46)39-18-8-3-9-19-39/h1-34H. The predicted molar refractivity (Wildman–Crippen MR) is 212 cm³/mol. The Balaban J connectivity index is 1.24. The third-order valence-corrected chi connectivity index (χ3v) is 9.61. The number of nitrogens with zero attached hydrogens (tertiary/aromatic N) is 2. The molecule has 0 aliphatic carbocycles. The molecule has 0 N–H and O–H groups in total. The van der Waals surface area contributed by atoms with Gasteiger partial charge in [-0.3, -0.25) is 0 Å². The van der Waals surface area contributed by atoms with Gasteiger partial charge in [0.25, 0.3) is 0 Å². The molecule has 0 unspecified atom stereocenters. The lowest BCUT2D eigenvalue weighted by molar-refractivity contribution is 1.18. The number of anilines is 3. The molecular weight excluding hydrogens is 605 g/mol. The topological polar surface area (TPSA) is 8.17 Å². The van der Waals surface area contributed by atoms with Gasteiger partial charge in [0.2, 0.25) is 0 Å². The first-order chi connectivity index (χ1) is 24.8. The molecular formula is C48H34N2. The zero-order valence-corrected chi connectivity index (χ0v) is 27.5. The molecule has 0 saturated heterocycles. The highest BCUT2D eigenvalue weighted by Crippen LogP contribution is 2.41. The Kier molecular flexibility index (Phi) is 7.53. The van der Waals surface area contributed by atoms with Crippen LogP contribution in [0.1, 0.15) is 0 Å². The zero-order valence-electron chi connectivity index (χ0n) is 27.5. The van der Waals surface area contributed by atoms with Crippen molar-refractivity contribution in [1.82, 2.24) is 4.57 Å². The highest BCUT2D eigenvalue weighted by atomic mass is 15.1. The van der Waals surface area contributed by atoms with Crippen LogP contribution in [0.25, 0.3) is 60.9 Å². The first kappa shape index (κ1) is 29.5. The molecule has 236 valence electrons. The van der Waals surface area contributed by atoms with Gasteiger partial charge in [0.1, 0.15) is 0 Å². The summed E-state index contributed by atoms with van der Waals surface area (Å²) < 4.78 is 2.44. The predicted octanol–water partition coefficient (Wildman–Crippen LogP) is 13.3. The third kappa shape index (κ3) is 5.34. The van der Waals surface area contributed by atoms with Crippen molar-refractivity contribution in [1.29, 1.82) is 0 Å². The van der Waals surface area contributed by atoms with Crippen LogP contribution in [0.5, 0.6) is 0 Å². The molecule has 0 saturated carbocycles. The summed E-state index contributed by atoms with van der Waals surface area (Å²) in [6, 6.07) is 74.0. The first-order valence-electron chi connectivity index (χ1n) is 17.1. The Labute approximate surface area is 292 Å². The smallest absolute Gasteiger partial charge is 0.0562 e. The van der Waals surface area contributed by atoms with E-state index in [4.69, 9.17) is 0 Å². The number of aromatic nitrogens is 1. The van der Waals surface area contributed by atoms with E-state index in [2.05, 4.69) is 216 Å². The molecule has 8 aromatic carbocycles. The van der Waals surface area contributed by atoms with Gasteiger partial charge in [-0.25, -0.2) is 0 Å². The van der Waals surface area contributed by atoms with Crippen molar-refractivity contribution in [3.63, 3.8) is 0 Å². The van der Waals surface area contributed by atoms with Gasteiger partial charge in [-0.15, -0.1) is 0 Å². The second-order valence-electron chi connectivity index (χ2n) is 12.6. The second-order valence-corrected chi connectivity index (χ2v) is 12.6. The van der Waals surface area contributed by atoms with Crippen LogP contribution in [-0.4, -0.2) is 4.57 Å². The third-order valence-electron chi connectivity index (χ3n) is 9.61. The Morgan fingerprint density at radius 3 is 1.34 bits per heavy atom. The van der Waals surface area contributed by atoms with Crippen molar-refractivity contribution in [3.05, 3.63) is 206 Å². The maximum Gasteiger partial charge on any atom is 0.0562 e. The van der Waals surface area contributed by atoms with Crippen LogP contribution in [0.4, 0.5) is 17.1 Å². The van der Waals surface area contributed by atoms with Crippen molar-refractivity contribution in [2.24, 2.45) is 0 Å². The van der Waals surface area contributed by atoms with Crippen molar-refractivity contribution in [2.45, 2.75) is 0 Å². The lowest BCUT2D eigenvalue weighted by Gasteiger charge is -2.26. The summed E-state index contributed by atoms with van der Waals surface area (Å²) in [5.41, 5.74) is 14.0. The SMILES string of the molecule is c1ccc(-c2ccc(N(c3ccc(-c4ccccc4)cc3)c3ccc4c5ccccc5n(-c5ccccc5-c5ccccc5)c4c3)cc2)cc1. The van der Waals surface area contributed by atoms with Gasteiger partial charge in [0.15, 0.2) is 0 Å². The fraction of sp³-hybridized carbons (Fsp3) is 0. The summed E-state index contributed by atoms with van der Waals surface area (Å²) in [4.78, 5) is 2.37. The zero-order chi connectivity index (χ0) is 33.3. The summed E-state index contributed by atoms with van der Waals surface area (Å²) in [5.74, 6) is 0. The van der Waals surface area contributed by atoms with Crippen LogP contribution in [0.15, 0.2) is 206 Å².